The molecule has 0 N–H and O–H groups in total. The summed E-state index contributed by atoms with van der Waals surface area (Å²) in [5.41, 5.74) is 1.23. The van der Waals surface area contributed by atoms with Gasteiger partial charge in [0.25, 0.3) is 0 Å². The molecule has 1 atom stereocenters. The van der Waals surface area contributed by atoms with Gasteiger partial charge in [0, 0.05) is 50.2 Å². The number of likely N-dealkylation sites (tertiary alicyclic amines) is 2. The van der Waals surface area contributed by atoms with Crippen LogP contribution in [0.2, 0.25) is 0 Å². The molecule has 1 aromatic carbocycles. The van der Waals surface area contributed by atoms with E-state index in [4.69, 9.17) is 6.42 Å². The maximum atomic E-state index is 13.0. The van der Waals surface area contributed by atoms with E-state index in [0.717, 1.165) is 32.6 Å². The maximum Gasteiger partial charge on any atom is 0.223 e. The first-order valence-electron chi connectivity index (χ1n) is 11.4. The van der Waals surface area contributed by atoms with Gasteiger partial charge in [-0.15, -0.1) is 12.3 Å². The molecule has 0 bridgehead atoms. The number of hydrogen-bond acceptors (Lipinski definition) is 4. The van der Waals surface area contributed by atoms with E-state index in [0.29, 0.717) is 31.2 Å². The van der Waals surface area contributed by atoms with E-state index in [1.807, 2.05) is 0 Å². The van der Waals surface area contributed by atoms with Crippen LogP contribution >= 0.6 is 0 Å². The van der Waals surface area contributed by atoms with Crippen LogP contribution in [0.3, 0.4) is 0 Å². The van der Waals surface area contributed by atoms with Crippen molar-refractivity contribution in [2.24, 2.45) is 21.6 Å². The Morgan fingerprint density at radius 1 is 1.17 bits per heavy atom. The Balaban J connectivity index is 1.28. The first kappa shape index (κ1) is 21.1. The molecule has 1 aromatic rings. The highest BCUT2D eigenvalue weighted by atomic mass is 16.2. The minimum absolute atomic E-state index is 0.206. The van der Waals surface area contributed by atoms with Gasteiger partial charge in [-0.3, -0.25) is 9.69 Å². The molecule has 1 unspecified atom stereocenters. The van der Waals surface area contributed by atoms with E-state index in [1.165, 1.54) is 18.4 Å². The lowest BCUT2D eigenvalue weighted by atomic mass is 9.66. The molecule has 2 saturated heterocycles. The second-order valence-electron chi connectivity index (χ2n) is 9.94. The van der Waals surface area contributed by atoms with Gasteiger partial charge in [-0.2, -0.15) is 10.2 Å². The third kappa shape index (κ3) is 4.59. The second-order valence-corrected chi connectivity index (χ2v) is 9.94. The summed E-state index contributed by atoms with van der Waals surface area (Å²) < 4.78 is 0. The zero-order valence-corrected chi connectivity index (χ0v) is 18.4. The van der Waals surface area contributed by atoms with Crippen molar-refractivity contribution >= 4 is 5.91 Å². The lowest BCUT2D eigenvalue weighted by Gasteiger charge is -2.58. The summed E-state index contributed by atoms with van der Waals surface area (Å²) in [4.78, 5) is 17.7. The number of nitrogens with zero attached hydrogens (tertiary/aromatic N) is 4. The summed E-state index contributed by atoms with van der Waals surface area (Å²) in [6.45, 7) is 8.75. The van der Waals surface area contributed by atoms with Crippen LogP contribution in [-0.4, -0.2) is 47.0 Å². The lowest BCUT2D eigenvalue weighted by Crippen LogP contribution is -2.67. The van der Waals surface area contributed by atoms with Gasteiger partial charge in [0.15, 0.2) is 5.66 Å². The molecular formula is C25H34N4O. The predicted octanol–water partition coefficient (Wildman–Crippen LogP) is 4.49. The van der Waals surface area contributed by atoms with Crippen LogP contribution in [0.15, 0.2) is 40.6 Å². The molecule has 0 saturated carbocycles. The number of carbonyl (C=O) groups excluding carboxylic acids is 1. The van der Waals surface area contributed by atoms with Crippen LogP contribution < -0.4 is 0 Å². The molecule has 5 heteroatoms. The molecule has 3 heterocycles. The molecule has 5 nitrogen and oxygen atoms in total. The highest BCUT2D eigenvalue weighted by Gasteiger charge is 2.52. The maximum absolute atomic E-state index is 13.0. The van der Waals surface area contributed by atoms with Gasteiger partial charge in [-0.1, -0.05) is 44.2 Å². The van der Waals surface area contributed by atoms with Crippen molar-refractivity contribution < 1.29 is 4.79 Å². The van der Waals surface area contributed by atoms with E-state index in [1.54, 1.807) is 0 Å². The highest BCUT2D eigenvalue weighted by molar-refractivity contribution is 5.78. The van der Waals surface area contributed by atoms with Crippen LogP contribution in [0.25, 0.3) is 0 Å². The van der Waals surface area contributed by atoms with Crippen molar-refractivity contribution in [3.63, 3.8) is 0 Å². The predicted molar refractivity (Wildman–Crippen MR) is 119 cm³/mol. The first-order chi connectivity index (χ1) is 14.4. The van der Waals surface area contributed by atoms with Gasteiger partial charge in [-0.25, -0.2) is 0 Å². The normalized spacial score (nSPS) is 24.8. The molecule has 1 amide bonds. The number of amides is 1. The molecule has 30 heavy (non-hydrogen) atoms. The number of piperidine rings is 1. The average Bonchev–Trinajstić information content (AvgIpc) is 3.51. The molecule has 0 aromatic heterocycles. The van der Waals surface area contributed by atoms with Crippen molar-refractivity contribution in [3.8, 4) is 12.3 Å². The molecule has 3 aliphatic heterocycles. The van der Waals surface area contributed by atoms with E-state index in [2.05, 4.69) is 70.1 Å². The van der Waals surface area contributed by atoms with Gasteiger partial charge in [0.2, 0.25) is 5.91 Å². The highest BCUT2D eigenvalue weighted by Crippen LogP contribution is 2.45. The number of benzene rings is 1. The number of carbonyl (C=O) groups is 1. The summed E-state index contributed by atoms with van der Waals surface area (Å²) in [5.74, 6) is 3.52. The van der Waals surface area contributed by atoms with Crippen molar-refractivity contribution in [1.82, 2.24) is 9.80 Å². The third-order valence-corrected chi connectivity index (χ3v) is 7.15. The van der Waals surface area contributed by atoms with E-state index < -0.39 is 0 Å². The summed E-state index contributed by atoms with van der Waals surface area (Å²) in [7, 11) is 0. The van der Waals surface area contributed by atoms with Gasteiger partial charge >= 0.3 is 0 Å². The third-order valence-electron chi connectivity index (χ3n) is 7.15. The average molecular weight is 407 g/mol. The van der Waals surface area contributed by atoms with Gasteiger partial charge in [-0.05, 0) is 37.4 Å². The molecule has 0 spiro atoms. The number of terminal acetylenes is 1. The summed E-state index contributed by atoms with van der Waals surface area (Å²) in [5, 5.41) is 8.36. The fourth-order valence-electron chi connectivity index (χ4n) is 5.46. The van der Waals surface area contributed by atoms with E-state index in [9.17, 15) is 4.79 Å². The Bertz CT molecular complexity index is 811. The standard InChI is InChI=1S/C25H34N4O/c1-4-5-14-25(26-27-25)15-11-22(30)29-19-24(2,3)23(29)21-12-16-28(17-13-21)18-20-9-7-6-8-10-20/h1,6-10,21,23H,5,11-19H2,2-3H3. The fourth-order valence-corrected chi connectivity index (χ4v) is 5.46. The summed E-state index contributed by atoms with van der Waals surface area (Å²) >= 11 is 0. The minimum Gasteiger partial charge on any atom is -0.338 e. The molecule has 3 aliphatic rings. The molecule has 4 rings (SSSR count). The fraction of sp³-hybridized carbons (Fsp3) is 0.640. The zero-order chi connectivity index (χ0) is 21.2. The minimum atomic E-state index is -0.360. The molecular weight excluding hydrogens is 372 g/mol. The zero-order valence-electron chi connectivity index (χ0n) is 18.4. The Morgan fingerprint density at radius 2 is 1.87 bits per heavy atom. The lowest BCUT2D eigenvalue weighted by molar-refractivity contribution is -0.159. The summed E-state index contributed by atoms with van der Waals surface area (Å²) in [6, 6.07) is 11.1. The number of rotatable bonds is 8. The van der Waals surface area contributed by atoms with Crippen LogP contribution in [0, 0.1) is 23.7 Å². The largest absolute Gasteiger partial charge is 0.338 e. The van der Waals surface area contributed by atoms with Crippen molar-refractivity contribution in [1.29, 1.82) is 0 Å². The van der Waals surface area contributed by atoms with Crippen molar-refractivity contribution in [2.45, 2.75) is 70.6 Å². The van der Waals surface area contributed by atoms with Crippen molar-refractivity contribution in [3.05, 3.63) is 35.9 Å². The number of hydrogen-bond donors (Lipinski definition) is 0. The van der Waals surface area contributed by atoms with Crippen LogP contribution in [0.5, 0.6) is 0 Å². The topological polar surface area (TPSA) is 48.3 Å². The Kier molecular flexibility index (Phi) is 5.97. The molecule has 0 aliphatic carbocycles. The molecule has 160 valence electrons. The Hall–Kier alpha value is -2.19. The molecule has 2 fully saturated rings. The Morgan fingerprint density at radius 3 is 2.47 bits per heavy atom. The van der Waals surface area contributed by atoms with Crippen LogP contribution in [0.1, 0.15) is 57.9 Å². The second kappa shape index (κ2) is 8.51. The smallest absolute Gasteiger partial charge is 0.223 e. The van der Waals surface area contributed by atoms with Crippen molar-refractivity contribution in [2.75, 3.05) is 19.6 Å². The van der Waals surface area contributed by atoms with E-state index in [-0.39, 0.29) is 17.0 Å². The van der Waals surface area contributed by atoms with Crippen LogP contribution in [0.4, 0.5) is 0 Å². The van der Waals surface area contributed by atoms with Gasteiger partial charge in [0.05, 0.1) is 0 Å². The van der Waals surface area contributed by atoms with E-state index >= 15 is 0 Å². The Labute approximate surface area is 180 Å². The van der Waals surface area contributed by atoms with Gasteiger partial charge in [0.1, 0.15) is 0 Å². The summed E-state index contributed by atoms with van der Waals surface area (Å²) in [6.07, 6.45) is 10.4. The SMILES string of the molecule is C#CCCC1(CCC(=O)N2CC(C)(C)C2C2CCN(Cc3ccccc3)CC2)N=N1. The quantitative estimate of drug-likeness (QED) is 0.597. The van der Waals surface area contributed by atoms with Gasteiger partial charge < -0.3 is 4.90 Å². The van der Waals surface area contributed by atoms with Crippen LogP contribution in [-0.2, 0) is 11.3 Å². The monoisotopic (exact) mass is 406 g/mol. The molecule has 0 radical (unpaired) electrons. The first-order valence-corrected chi connectivity index (χ1v) is 11.4.